The summed E-state index contributed by atoms with van der Waals surface area (Å²) in [6.07, 6.45) is 46.9. The highest BCUT2D eigenvalue weighted by Crippen LogP contribution is 2.23. The third-order valence-corrected chi connectivity index (χ3v) is 12.9. The fourth-order valence-corrected chi connectivity index (χ4v) is 8.67. The molecule has 0 aromatic heterocycles. The van der Waals surface area contributed by atoms with Crippen LogP contribution in [-0.4, -0.2) is 89.6 Å². The summed E-state index contributed by atoms with van der Waals surface area (Å²) in [7, 11) is 0. The van der Waals surface area contributed by atoms with E-state index in [9.17, 15) is 25.2 Å². The lowest BCUT2D eigenvalue weighted by Gasteiger charge is -2.39. The van der Waals surface area contributed by atoms with E-state index in [2.05, 4.69) is 26.0 Å². The number of aliphatic hydroxyl groups is 4. The SMILES string of the molecule is CCCCCCC/C=C\CCCCCCCCOCC(COC1OC(CO)C(O)C(O)C1O)OC(=O)CCCCCCCCCCCCCCCCCCCCCCCCCCC. The molecule has 1 saturated heterocycles. The van der Waals surface area contributed by atoms with E-state index in [0.717, 1.165) is 32.1 Å². The molecule has 1 fully saturated rings. The van der Waals surface area contributed by atoms with Crippen LogP contribution in [0.2, 0.25) is 0 Å². The summed E-state index contributed by atoms with van der Waals surface area (Å²) in [6.45, 7) is 4.59. The van der Waals surface area contributed by atoms with Crippen molar-refractivity contribution in [3.8, 4) is 0 Å². The second kappa shape index (κ2) is 46.1. The van der Waals surface area contributed by atoms with E-state index in [1.54, 1.807) is 0 Å². The van der Waals surface area contributed by atoms with Crippen LogP contribution in [0.5, 0.6) is 0 Å². The molecule has 9 heteroatoms. The average Bonchev–Trinajstić information content (AvgIpc) is 3.28. The summed E-state index contributed by atoms with van der Waals surface area (Å²) >= 11 is 0. The zero-order valence-electron chi connectivity index (χ0n) is 41.4. The van der Waals surface area contributed by atoms with Gasteiger partial charge in [0, 0.05) is 13.0 Å². The molecule has 6 unspecified atom stereocenters. The molecule has 9 nitrogen and oxygen atoms in total. The van der Waals surface area contributed by atoms with Crippen molar-refractivity contribution in [3.05, 3.63) is 12.2 Å². The van der Waals surface area contributed by atoms with Gasteiger partial charge in [0.05, 0.1) is 19.8 Å². The molecule has 1 aliphatic rings. The number of carbonyl (C=O) groups excluding carboxylic acids is 1. The highest BCUT2D eigenvalue weighted by molar-refractivity contribution is 5.69. The van der Waals surface area contributed by atoms with Crippen LogP contribution in [0.1, 0.15) is 264 Å². The van der Waals surface area contributed by atoms with Crippen molar-refractivity contribution in [2.24, 2.45) is 0 Å². The molecule has 0 bridgehead atoms. The van der Waals surface area contributed by atoms with E-state index in [4.69, 9.17) is 18.9 Å². The fourth-order valence-electron chi connectivity index (χ4n) is 8.67. The summed E-state index contributed by atoms with van der Waals surface area (Å²) in [5.41, 5.74) is 0. The van der Waals surface area contributed by atoms with Gasteiger partial charge < -0.3 is 39.4 Å². The van der Waals surface area contributed by atoms with Crippen LogP contribution in [-0.2, 0) is 23.7 Å². The number of allylic oxidation sites excluding steroid dienone is 2. The van der Waals surface area contributed by atoms with Crippen molar-refractivity contribution in [1.82, 2.24) is 0 Å². The third kappa shape index (κ3) is 36.7. The van der Waals surface area contributed by atoms with Crippen molar-refractivity contribution >= 4 is 5.97 Å². The minimum atomic E-state index is -1.53. The Kier molecular flexibility index (Phi) is 43.8. The Balaban J connectivity index is 2.13. The van der Waals surface area contributed by atoms with Crippen molar-refractivity contribution < 1.29 is 44.2 Å². The summed E-state index contributed by atoms with van der Waals surface area (Å²) < 4.78 is 22.9. The van der Waals surface area contributed by atoms with E-state index < -0.39 is 43.4 Å². The lowest BCUT2D eigenvalue weighted by atomic mass is 9.99. The first-order valence-electron chi connectivity index (χ1n) is 27.3. The Hall–Kier alpha value is -1.07. The normalized spacial score (nSPS) is 19.6. The molecular formula is C54H104O9. The Labute approximate surface area is 388 Å². The molecule has 0 spiro atoms. The molecule has 0 radical (unpaired) electrons. The Morgan fingerprint density at radius 1 is 0.492 bits per heavy atom. The number of aliphatic hydroxyl groups excluding tert-OH is 4. The molecule has 6 atom stereocenters. The first-order valence-corrected chi connectivity index (χ1v) is 27.3. The predicted molar refractivity (Wildman–Crippen MR) is 261 cm³/mol. The number of rotatable bonds is 48. The Morgan fingerprint density at radius 3 is 1.29 bits per heavy atom. The van der Waals surface area contributed by atoms with Gasteiger partial charge in [0.1, 0.15) is 30.5 Å². The monoisotopic (exact) mass is 897 g/mol. The zero-order valence-corrected chi connectivity index (χ0v) is 41.4. The molecule has 1 rings (SSSR count). The van der Waals surface area contributed by atoms with Crippen LogP contribution in [0, 0.1) is 0 Å². The second-order valence-electron chi connectivity index (χ2n) is 19.0. The lowest BCUT2D eigenvalue weighted by molar-refractivity contribution is -0.305. The van der Waals surface area contributed by atoms with Crippen LogP contribution in [0.25, 0.3) is 0 Å². The van der Waals surface area contributed by atoms with Crippen LogP contribution in [0.4, 0.5) is 0 Å². The van der Waals surface area contributed by atoms with Gasteiger partial charge in [-0.15, -0.1) is 0 Å². The Bertz CT molecular complexity index is 977. The maximum absolute atomic E-state index is 12.9. The summed E-state index contributed by atoms with van der Waals surface area (Å²) in [4.78, 5) is 12.9. The molecule has 0 aliphatic carbocycles. The van der Waals surface area contributed by atoms with E-state index >= 15 is 0 Å². The summed E-state index contributed by atoms with van der Waals surface area (Å²) in [5.74, 6) is -0.308. The number of unbranched alkanes of at least 4 members (excludes halogenated alkanes) is 35. The third-order valence-electron chi connectivity index (χ3n) is 12.9. The summed E-state index contributed by atoms with van der Waals surface area (Å²) in [6, 6.07) is 0. The smallest absolute Gasteiger partial charge is 0.306 e. The van der Waals surface area contributed by atoms with Crippen LogP contribution in [0.15, 0.2) is 12.2 Å². The quantitative estimate of drug-likeness (QED) is 0.0267. The number of carbonyl (C=O) groups is 1. The number of hydrogen-bond acceptors (Lipinski definition) is 9. The van der Waals surface area contributed by atoms with Gasteiger partial charge >= 0.3 is 5.97 Å². The molecule has 63 heavy (non-hydrogen) atoms. The van der Waals surface area contributed by atoms with Gasteiger partial charge in [-0.3, -0.25) is 4.79 Å². The van der Waals surface area contributed by atoms with Crippen LogP contribution < -0.4 is 0 Å². The van der Waals surface area contributed by atoms with Gasteiger partial charge in [0.2, 0.25) is 0 Å². The number of esters is 1. The molecular weight excluding hydrogens is 793 g/mol. The highest BCUT2D eigenvalue weighted by Gasteiger charge is 2.44. The predicted octanol–water partition coefficient (Wildman–Crippen LogP) is 13.5. The highest BCUT2D eigenvalue weighted by atomic mass is 16.7. The molecule has 374 valence electrons. The van der Waals surface area contributed by atoms with Gasteiger partial charge in [0.15, 0.2) is 6.29 Å². The van der Waals surface area contributed by atoms with E-state index in [-0.39, 0.29) is 19.2 Å². The molecule has 1 heterocycles. The van der Waals surface area contributed by atoms with Crippen LogP contribution in [0.3, 0.4) is 0 Å². The Morgan fingerprint density at radius 2 is 0.873 bits per heavy atom. The first kappa shape index (κ1) is 59.9. The summed E-state index contributed by atoms with van der Waals surface area (Å²) in [5, 5.41) is 40.3. The molecule has 0 amide bonds. The molecule has 1 aliphatic heterocycles. The first-order chi connectivity index (χ1) is 30.9. The van der Waals surface area contributed by atoms with Gasteiger partial charge in [-0.05, 0) is 38.5 Å². The van der Waals surface area contributed by atoms with E-state index in [1.165, 1.54) is 212 Å². The van der Waals surface area contributed by atoms with E-state index in [1.807, 2.05) is 0 Å². The molecule has 0 aromatic carbocycles. The van der Waals surface area contributed by atoms with Crippen molar-refractivity contribution in [1.29, 1.82) is 0 Å². The second-order valence-corrected chi connectivity index (χ2v) is 19.0. The van der Waals surface area contributed by atoms with Crippen molar-refractivity contribution in [2.45, 2.75) is 301 Å². The maximum atomic E-state index is 12.9. The fraction of sp³-hybridized carbons (Fsp3) is 0.944. The van der Waals surface area contributed by atoms with Gasteiger partial charge in [-0.2, -0.15) is 0 Å². The number of hydrogen-bond donors (Lipinski definition) is 4. The minimum absolute atomic E-state index is 0.110. The molecule has 0 aromatic rings. The molecule has 0 saturated carbocycles. The van der Waals surface area contributed by atoms with Crippen molar-refractivity contribution in [2.75, 3.05) is 26.4 Å². The maximum Gasteiger partial charge on any atom is 0.306 e. The van der Waals surface area contributed by atoms with Gasteiger partial charge in [-0.1, -0.05) is 231 Å². The molecule has 4 N–H and O–H groups in total. The zero-order chi connectivity index (χ0) is 45.7. The standard InChI is InChI=1S/C54H104O9/c1-3-5-7-9-11-13-15-17-19-20-21-22-23-24-25-26-27-28-29-31-33-35-37-39-41-43-50(56)62-48(47-61-54-53(59)52(58)51(57)49(45-55)63-54)46-60-44-42-40-38-36-34-32-30-18-16-14-12-10-8-6-4-2/h16,18,48-49,51-55,57-59H,3-15,17,19-47H2,1-2H3/b18-16-. The number of ether oxygens (including phenoxy) is 4. The van der Waals surface area contributed by atoms with Gasteiger partial charge in [0.25, 0.3) is 0 Å². The largest absolute Gasteiger partial charge is 0.457 e. The minimum Gasteiger partial charge on any atom is -0.457 e. The van der Waals surface area contributed by atoms with Crippen molar-refractivity contribution in [3.63, 3.8) is 0 Å². The lowest BCUT2D eigenvalue weighted by Crippen LogP contribution is -2.59. The van der Waals surface area contributed by atoms with Gasteiger partial charge in [-0.25, -0.2) is 0 Å². The average molecular weight is 897 g/mol. The van der Waals surface area contributed by atoms with E-state index in [0.29, 0.717) is 13.0 Å². The topological polar surface area (TPSA) is 135 Å². The van der Waals surface area contributed by atoms with Crippen LogP contribution >= 0.6 is 0 Å².